The van der Waals surface area contributed by atoms with Crippen LogP contribution in [0.25, 0.3) is 0 Å². The third kappa shape index (κ3) is 4.24. The van der Waals surface area contributed by atoms with Crippen LogP contribution < -0.4 is 16.0 Å². The van der Waals surface area contributed by atoms with Crippen LogP contribution in [0.15, 0.2) is 34.0 Å². The summed E-state index contributed by atoms with van der Waals surface area (Å²) in [7, 11) is 3.58. The highest BCUT2D eigenvalue weighted by molar-refractivity contribution is 8.15. The Labute approximate surface area is 162 Å². The number of hydrogen-bond donors (Lipinski definition) is 2. The average molecular weight is 388 g/mol. The van der Waals surface area contributed by atoms with Crippen LogP contribution in [0, 0.1) is 0 Å². The summed E-state index contributed by atoms with van der Waals surface area (Å²) in [6.07, 6.45) is 3.77. The molecule has 3 heterocycles. The van der Waals surface area contributed by atoms with E-state index in [2.05, 4.69) is 34.1 Å². The molecular weight excluding hydrogens is 364 g/mol. The van der Waals surface area contributed by atoms with Gasteiger partial charge in [0.05, 0.1) is 5.69 Å². The number of aromatic nitrogens is 2. The smallest absolute Gasteiger partial charge is 0.297 e. The van der Waals surface area contributed by atoms with E-state index < -0.39 is 5.54 Å². The van der Waals surface area contributed by atoms with Gasteiger partial charge in [0.2, 0.25) is 0 Å². The molecule has 0 saturated carbocycles. The van der Waals surface area contributed by atoms with Gasteiger partial charge in [0.1, 0.15) is 11.8 Å². The van der Waals surface area contributed by atoms with Crippen molar-refractivity contribution in [2.45, 2.75) is 37.5 Å². The van der Waals surface area contributed by atoms with Crippen molar-refractivity contribution < 1.29 is 9.21 Å². The van der Waals surface area contributed by atoms with Crippen molar-refractivity contribution in [2.75, 3.05) is 24.3 Å². The van der Waals surface area contributed by atoms with Gasteiger partial charge >= 0.3 is 0 Å². The Hall–Kier alpha value is -2.55. The summed E-state index contributed by atoms with van der Waals surface area (Å²) in [6, 6.07) is 3.93. The first-order valence-electron chi connectivity index (χ1n) is 8.53. The molecule has 27 heavy (non-hydrogen) atoms. The van der Waals surface area contributed by atoms with E-state index >= 15 is 0 Å². The number of oxazole rings is 1. The van der Waals surface area contributed by atoms with Crippen molar-refractivity contribution in [3.63, 3.8) is 0 Å². The number of nitrogens with one attached hydrogen (secondary N) is 1. The number of nitrogens with zero attached hydrogens (tertiary/aromatic N) is 4. The molecule has 8 nitrogen and oxygen atoms in total. The van der Waals surface area contributed by atoms with Gasteiger partial charge in [0.15, 0.2) is 10.9 Å². The highest BCUT2D eigenvalue weighted by Gasteiger charge is 2.40. The van der Waals surface area contributed by atoms with Gasteiger partial charge in [-0.2, -0.15) is 4.98 Å². The highest BCUT2D eigenvalue weighted by atomic mass is 32.2. The lowest BCUT2D eigenvalue weighted by atomic mass is 9.87. The molecule has 0 radical (unpaired) electrons. The molecule has 9 heteroatoms. The minimum atomic E-state index is -0.550. The zero-order chi connectivity index (χ0) is 19.8. The quantitative estimate of drug-likeness (QED) is 0.829. The molecule has 0 unspecified atom stereocenters. The lowest BCUT2D eigenvalue weighted by molar-refractivity contribution is 0.102. The Bertz CT molecular complexity index is 891. The third-order valence-corrected chi connectivity index (χ3v) is 5.18. The molecule has 0 spiro atoms. The Morgan fingerprint density at radius 2 is 2.11 bits per heavy atom. The number of aliphatic imine (C=N–C) groups is 1. The second-order valence-electron chi connectivity index (χ2n) is 7.56. The maximum absolute atomic E-state index is 12.4. The van der Waals surface area contributed by atoms with Crippen molar-refractivity contribution >= 4 is 34.5 Å². The van der Waals surface area contributed by atoms with Gasteiger partial charge in [-0.25, -0.2) is 4.99 Å². The lowest BCUT2D eigenvalue weighted by Gasteiger charge is -2.38. The zero-order valence-corrected chi connectivity index (χ0v) is 16.9. The number of amidine groups is 1. The molecule has 2 aromatic rings. The molecule has 0 aromatic carbocycles. The van der Waals surface area contributed by atoms with Crippen molar-refractivity contribution in [3.05, 3.63) is 36.0 Å². The fraction of sp³-hybridized carbons (Fsp3) is 0.444. The molecule has 0 saturated heterocycles. The van der Waals surface area contributed by atoms with Gasteiger partial charge in [0.25, 0.3) is 11.9 Å². The van der Waals surface area contributed by atoms with E-state index in [0.29, 0.717) is 16.9 Å². The van der Waals surface area contributed by atoms with Crippen LogP contribution in [-0.4, -0.2) is 39.9 Å². The first-order chi connectivity index (χ1) is 12.6. The summed E-state index contributed by atoms with van der Waals surface area (Å²) >= 11 is 1.56. The minimum absolute atomic E-state index is 0.0508. The first-order valence-corrected chi connectivity index (χ1v) is 9.35. The second kappa shape index (κ2) is 6.88. The third-order valence-electron chi connectivity index (χ3n) is 4.18. The number of carbonyl (C=O) groups excluding carboxylic acids is 1. The molecular formula is C18H24N6O2S. The number of hydrogen-bond acceptors (Lipinski definition) is 8. The van der Waals surface area contributed by atoms with Gasteiger partial charge in [-0.3, -0.25) is 9.78 Å². The van der Waals surface area contributed by atoms with Crippen molar-refractivity contribution in [3.8, 4) is 0 Å². The topological polar surface area (TPSA) is 110 Å². The predicted molar refractivity (Wildman–Crippen MR) is 108 cm³/mol. The molecule has 0 fully saturated rings. The number of pyridine rings is 1. The second-order valence-corrected chi connectivity index (χ2v) is 9.28. The van der Waals surface area contributed by atoms with Crippen LogP contribution in [0.5, 0.6) is 0 Å². The summed E-state index contributed by atoms with van der Waals surface area (Å²) in [6.45, 7) is 6.28. The van der Waals surface area contributed by atoms with Gasteiger partial charge in [-0.1, -0.05) is 25.6 Å². The van der Waals surface area contributed by atoms with Crippen molar-refractivity contribution in [1.82, 2.24) is 9.97 Å². The number of carbonyl (C=O) groups is 1. The normalized spacial score (nSPS) is 21.4. The molecule has 1 aliphatic rings. The standard InChI is InChI=1S/C18H24N6O2S/c1-17(2)10-18(3,23-15(19)27-17)13-8-11(6-7-20-13)21-14(25)12-9-26-16(22-12)24(4)5/h6-9H,10H2,1-5H3,(H2,19,23)(H,20,21,25)/t18-/m0/s1. The molecule has 3 N–H and O–H groups in total. The number of amides is 1. The molecule has 3 rings (SSSR count). The maximum atomic E-state index is 12.4. The monoisotopic (exact) mass is 388 g/mol. The molecule has 144 valence electrons. The predicted octanol–water partition coefficient (Wildman–Crippen LogP) is 2.83. The van der Waals surface area contributed by atoms with E-state index in [1.165, 1.54) is 6.26 Å². The number of anilines is 2. The van der Waals surface area contributed by atoms with Gasteiger partial charge < -0.3 is 20.4 Å². The van der Waals surface area contributed by atoms with Crippen LogP contribution in [0.4, 0.5) is 11.7 Å². The average Bonchev–Trinajstić information content (AvgIpc) is 3.03. The molecule has 1 atom stereocenters. The van der Waals surface area contributed by atoms with Gasteiger partial charge in [-0.15, -0.1) is 0 Å². The Morgan fingerprint density at radius 3 is 2.74 bits per heavy atom. The number of nitrogens with two attached hydrogens (primary N) is 1. The molecule has 1 amide bonds. The minimum Gasteiger partial charge on any atom is -0.431 e. The fourth-order valence-corrected chi connectivity index (χ4v) is 4.34. The Balaban J connectivity index is 1.83. The zero-order valence-electron chi connectivity index (χ0n) is 16.1. The van der Waals surface area contributed by atoms with E-state index in [1.54, 1.807) is 43.0 Å². The summed E-state index contributed by atoms with van der Waals surface area (Å²) in [5, 5.41) is 3.38. The van der Waals surface area contributed by atoms with E-state index in [9.17, 15) is 4.79 Å². The highest BCUT2D eigenvalue weighted by Crippen LogP contribution is 2.44. The summed E-state index contributed by atoms with van der Waals surface area (Å²) in [5.74, 6) is -0.350. The fourth-order valence-electron chi connectivity index (χ4n) is 3.17. The Morgan fingerprint density at radius 1 is 1.37 bits per heavy atom. The number of thioether (sulfide) groups is 1. The van der Waals surface area contributed by atoms with Crippen LogP contribution >= 0.6 is 11.8 Å². The van der Waals surface area contributed by atoms with Crippen LogP contribution in [-0.2, 0) is 5.54 Å². The summed E-state index contributed by atoms with van der Waals surface area (Å²) in [4.78, 5) is 27.4. The molecule has 1 aliphatic heterocycles. The number of rotatable bonds is 4. The van der Waals surface area contributed by atoms with Gasteiger partial charge in [0, 0.05) is 30.7 Å². The SMILES string of the molecule is CN(C)c1nc(C(=O)Nc2ccnc([C@]3(C)CC(C)(C)SC(N)=N3)c2)co1. The summed E-state index contributed by atoms with van der Waals surface area (Å²) < 4.78 is 5.21. The molecule has 0 aliphatic carbocycles. The van der Waals surface area contributed by atoms with E-state index in [1.807, 2.05) is 13.0 Å². The van der Waals surface area contributed by atoms with E-state index in [0.717, 1.165) is 12.1 Å². The first kappa shape index (κ1) is 19.2. The largest absolute Gasteiger partial charge is 0.431 e. The Kier molecular flexibility index (Phi) is 4.90. The maximum Gasteiger partial charge on any atom is 0.297 e. The van der Waals surface area contributed by atoms with Gasteiger partial charge in [-0.05, 0) is 25.5 Å². The van der Waals surface area contributed by atoms with Crippen LogP contribution in [0.1, 0.15) is 43.4 Å². The molecule has 0 bridgehead atoms. The van der Waals surface area contributed by atoms with E-state index in [-0.39, 0.29) is 16.3 Å². The van der Waals surface area contributed by atoms with Crippen LogP contribution in [0.3, 0.4) is 0 Å². The van der Waals surface area contributed by atoms with Crippen LogP contribution in [0.2, 0.25) is 0 Å². The van der Waals surface area contributed by atoms with Crippen molar-refractivity contribution in [1.29, 1.82) is 0 Å². The molecule has 2 aromatic heterocycles. The summed E-state index contributed by atoms with van der Waals surface area (Å²) in [5.41, 5.74) is 7.07. The van der Waals surface area contributed by atoms with E-state index in [4.69, 9.17) is 10.2 Å². The van der Waals surface area contributed by atoms with Crippen molar-refractivity contribution in [2.24, 2.45) is 10.7 Å². The lowest BCUT2D eigenvalue weighted by Crippen LogP contribution is -2.38.